The fourth-order valence-electron chi connectivity index (χ4n) is 1.89. The number of aryl methyl sites for hydroxylation is 1. The second kappa shape index (κ2) is 5.11. The molecule has 17 heavy (non-hydrogen) atoms. The lowest BCUT2D eigenvalue weighted by Crippen LogP contribution is -1.96. The molecule has 1 heterocycles. The third kappa shape index (κ3) is 2.71. The molecule has 2 rings (SSSR count). The Morgan fingerprint density at radius 1 is 1.29 bits per heavy atom. The van der Waals surface area contributed by atoms with E-state index < -0.39 is 0 Å². The number of hydrogen-bond donors (Lipinski definition) is 1. The maximum absolute atomic E-state index is 5.51. The van der Waals surface area contributed by atoms with E-state index in [-0.39, 0.29) is 0 Å². The summed E-state index contributed by atoms with van der Waals surface area (Å²) in [7, 11) is 0. The molecule has 1 aromatic heterocycles. The van der Waals surface area contributed by atoms with Gasteiger partial charge in [0.1, 0.15) is 0 Å². The topological polar surface area (TPSA) is 38.9 Å². The Balaban J connectivity index is 2.41. The van der Waals surface area contributed by atoms with Gasteiger partial charge >= 0.3 is 0 Å². The van der Waals surface area contributed by atoms with Crippen molar-refractivity contribution in [2.45, 2.75) is 20.3 Å². The number of pyridine rings is 1. The number of fused-ring (bicyclic) bond motifs is 1. The van der Waals surface area contributed by atoms with Crippen molar-refractivity contribution in [2.24, 2.45) is 5.73 Å². The Kier molecular flexibility index (Phi) is 3.55. The molecule has 2 nitrogen and oxygen atoms in total. The van der Waals surface area contributed by atoms with Crippen LogP contribution in [0.15, 0.2) is 36.4 Å². The molecule has 2 aromatic rings. The van der Waals surface area contributed by atoms with Crippen LogP contribution in [-0.2, 0) is 0 Å². The van der Waals surface area contributed by atoms with Crippen LogP contribution < -0.4 is 5.73 Å². The molecule has 0 spiro atoms. The Morgan fingerprint density at radius 3 is 2.88 bits per heavy atom. The van der Waals surface area contributed by atoms with Crippen LogP contribution in [0.25, 0.3) is 16.5 Å². The van der Waals surface area contributed by atoms with Crippen LogP contribution in [0.2, 0.25) is 0 Å². The van der Waals surface area contributed by atoms with Gasteiger partial charge in [0.2, 0.25) is 0 Å². The number of nitrogens with zero attached hydrogens (tertiary/aromatic N) is 1. The highest BCUT2D eigenvalue weighted by molar-refractivity contribution is 5.83. The first-order valence-electron chi connectivity index (χ1n) is 5.95. The standard InChI is InChI=1S/C15H18N2/c1-11(4-3-9-16)13-7-8-15-14(10-13)6-5-12(2)17-15/h4-8,10H,3,9,16H2,1-2H3/b11-4-. The van der Waals surface area contributed by atoms with Gasteiger partial charge in [0.05, 0.1) is 5.52 Å². The van der Waals surface area contributed by atoms with E-state index in [1.165, 1.54) is 16.5 Å². The first-order valence-corrected chi connectivity index (χ1v) is 5.95. The molecule has 2 heteroatoms. The van der Waals surface area contributed by atoms with E-state index in [1.54, 1.807) is 0 Å². The Labute approximate surface area is 102 Å². The molecule has 0 fully saturated rings. The third-order valence-electron chi connectivity index (χ3n) is 2.90. The summed E-state index contributed by atoms with van der Waals surface area (Å²) in [6, 6.07) is 10.6. The van der Waals surface area contributed by atoms with E-state index in [4.69, 9.17) is 5.73 Å². The van der Waals surface area contributed by atoms with Gasteiger partial charge in [-0.25, -0.2) is 0 Å². The van der Waals surface area contributed by atoms with Crippen LogP contribution in [0.3, 0.4) is 0 Å². The number of aromatic nitrogens is 1. The van der Waals surface area contributed by atoms with Gasteiger partial charge in [0.15, 0.2) is 0 Å². The van der Waals surface area contributed by atoms with Crippen LogP contribution in [0.5, 0.6) is 0 Å². The highest BCUT2D eigenvalue weighted by Crippen LogP contribution is 2.20. The molecular formula is C15H18N2. The summed E-state index contributed by atoms with van der Waals surface area (Å²) in [6.45, 7) is 4.84. The van der Waals surface area contributed by atoms with Gasteiger partial charge < -0.3 is 5.73 Å². The van der Waals surface area contributed by atoms with E-state index in [0.29, 0.717) is 6.54 Å². The highest BCUT2D eigenvalue weighted by Gasteiger charge is 1.99. The van der Waals surface area contributed by atoms with E-state index >= 15 is 0 Å². The molecular weight excluding hydrogens is 208 g/mol. The van der Waals surface area contributed by atoms with E-state index in [2.05, 4.69) is 42.2 Å². The molecule has 1 aromatic carbocycles. The molecule has 0 aliphatic heterocycles. The van der Waals surface area contributed by atoms with Gasteiger partial charge in [-0.05, 0) is 56.1 Å². The molecule has 0 unspecified atom stereocenters. The lowest BCUT2D eigenvalue weighted by Gasteiger charge is -2.04. The number of hydrogen-bond acceptors (Lipinski definition) is 2. The number of rotatable bonds is 3. The molecule has 2 N–H and O–H groups in total. The second-order valence-corrected chi connectivity index (χ2v) is 4.32. The summed E-state index contributed by atoms with van der Waals surface area (Å²) in [6.07, 6.45) is 3.11. The quantitative estimate of drug-likeness (QED) is 0.872. The van der Waals surface area contributed by atoms with E-state index in [1.807, 2.05) is 13.0 Å². The third-order valence-corrected chi connectivity index (χ3v) is 2.90. The van der Waals surface area contributed by atoms with E-state index in [0.717, 1.165) is 17.6 Å². The fraction of sp³-hybridized carbons (Fsp3) is 0.267. The average molecular weight is 226 g/mol. The summed E-state index contributed by atoms with van der Waals surface area (Å²) in [5, 5.41) is 1.19. The van der Waals surface area contributed by atoms with Crippen LogP contribution in [0.1, 0.15) is 24.6 Å². The predicted molar refractivity (Wildman–Crippen MR) is 73.8 cm³/mol. The minimum absolute atomic E-state index is 0.700. The molecule has 0 saturated carbocycles. The van der Waals surface area contributed by atoms with Crippen LogP contribution in [-0.4, -0.2) is 11.5 Å². The Morgan fingerprint density at radius 2 is 2.12 bits per heavy atom. The zero-order valence-corrected chi connectivity index (χ0v) is 10.4. The van der Waals surface area contributed by atoms with Gasteiger partial charge in [0.25, 0.3) is 0 Å². The van der Waals surface area contributed by atoms with Crippen molar-refractivity contribution in [3.63, 3.8) is 0 Å². The maximum Gasteiger partial charge on any atom is 0.0705 e. The molecule has 0 atom stereocenters. The summed E-state index contributed by atoms with van der Waals surface area (Å²) in [5.74, 6) is 0. The Bertz CT molecular complexity index is 556. The molecule has 88 valence electrons. The lowest BCUT2D eigenvalue weighted by atomic mass is 10.0. The summed E-state index contributed by atoms with van der Waals surface area (Å²) >= 11 is 0. The smallest absolute Gasteiger partial charge is 0.0705 e. The highest BCUT2D eigenvalue weighted by atomic mass is 14.7. The van der Waals surface area contributed by atoms with Gasteiger partial charge in [-0.2, -0.15) is 0 Å². The minimum atomic E-state index is 0.700. The number of benzene rings is 1. The van der Waals surface area contributed by atoms with Crippen molar-refractivity contribution < 1.29 is 0 Å². The molecule has 0 bridgehead atoms. The first kappa shape index (κ1) is 11.8. The van der Waals surface area contributed by atoms with E-state index in [9.17, 15) is 0 Å². The fourth-order valence-corrected chi connectivity index (χ4v) is 1.89. The zero-order chi connectivity index (χ0) is 12.3. The monoisotopic (exact) mass is 226 g/mol. The SMILES string of the molecule is C/C(=C/CCN)c1ccc2nc(C)ccc2c1. The van der Waals surface area contributed by atoms with Crippen molar-refractivity contribution in [1.82, 2.24) is 4.98 Å². The summed E-state index contributed by atoms with van der Waals surface area (Å²) < 4.78 is 0. The van der Waals surface area contributed by atoms with Crippen LogP contribution >= 0.6 is 0 Å². The molecule has 0 aliphatic carbocycles. The van der Waals surface area contributed by atoms with Crippen molar-refractivity contribution in [3.8, 4) is 0 Å². The van der Waals surface area contributed by atoms with Crippen molar-refractivity contribution in [1.29, 1.82) is 0 Å². The second-order valence-electron chi connectivity index (χ2n) is 4.32. The zero-order valence-electron chi connectivity index (χ0n) is 10.4. The molecule has 0 radical (unpaired) electrons. The molecule has 0 amide bonds. The number of allylic oxidation sites excluding steroid dienone is 1. The normalized spacial score (nSPS) is 12.1. The largest absolute Gasteiger partial charge is 0.330 e. The number of nitrogens with two attached hydrogens (primary N) is 1. The predicted octanol–water partition coefficient (Wildman–Crippen LogP) is 3.30. The maximum atomic E-state index is 5.51. The first-order chi connectivity index (χ1) is 8.20. The lowest BCUT2D eigenvalue weighted by molar-refractivity contribution is 1.01. The molecule has 0 aliphatic rings. The van der Waals surface area contributed by atoms with Gasteiger partial charge in [-0.1, -0.05) is 18.2 Å². The van der Waals surface area contributed by atoms with Crippen molar-refractivity contribution >= 4 is 16.5 Å². The van der Waals surface area contributed by atoms with Crippen molar-refractivity contribution in [2.75, 3.05) is 6.54 Å². The summed E-state index contributed by atoms with van der Waals surface area (Å²) in [4.78, 5) is 4.50. The van der Waals surface area contributed by atoms with Crippen LogP contribution in [0, 0.1) is 6.92 Å². The van der Waals surface area contributed by atoms with Crippen LogP contribution in [0.4, 0.5) is 0 Å². The minimum Gasteiger partial charge on any atom is -0.330 e. The average Bonchev–Trinajstić information content (AvgIpc) is 2.35. The Hall–Kier alpha value is -1.67. The van der Waals surface area contributed by atoms with Gasteiger partial charge in [0, 0.05) is 11.1 Å². The molecule has 0 saturated heterocycles. The summed E-state index contributed by atoms with van der Waals surface area (Å²) in [5.41, 5.74) is 10.1. The van der Waals surface area contributed by atoms with Gasteiger partial charge in [-0.3, -0.25) is 4.98 Å². The van der Waals surface area contributed by atoms with Crippen molar-refractivity contribution in [3.05, 3.63) is 47.7 Å². The van der Waals surface area contributed by atoms with Gasteiger partial charge in [-0.15, -0.1) is 0 Å².